The Morgan fingerprint density at radius 1 is 1.35 bits per heavy atom. The number of aliphatic hydroxyl groups is 1. The minimum atomic E-state index is -0.543. The maximum Gasteiger partial charge on any atom is 0.216 e. The fourth-order valence-corrected chi connectivity index (χ4v) is 2.28. The van der Waals surface area contributed by atoms with Gasteiger partial charge in [0.2, 0.25) is 5.88 Å². The number of aryl methyl sites for hydroxylation is 1. The second-order valence-electron chi connectivity index (χ2n) is 4.45. The molecule has 0 aromatic carbocycles. The van der Waals surface area contributed by atoms with Gasteiger partial charge in [-0.15, -0.1) is 0 Å². The summed E-state index contributed by atoms with van der Waals surface area (Å²) < 4.78 is 16.8. The molecule has 2 saturated heterocycles. The van der Waals surface area contributed by atoms with Crippen molar-refractivity contribution in [1.82, 2.24) is 4.98 Å². The highest BCUT2D eigenvalue weighted by Gasteiger charge is 2.48. The van der Waals surface area contributed by atoms with Crippen LogP contribution in [-0.2, 0) is 9.47 Å². The molecule has 0 radical (unpaired) electrons. The monoisotopic (exact) mass is 237 g/mol. The smallest absolute Gasteiger partial charge is 0.216 e. The van der Waals surface area contributed by atoms with Crippen LogP contribution in [-0.4, -0.2) is 47.7 Å². The fraction of sp³-hybridized carbons (Fsp3) is 0.583. The normalized spacial score (nSPS) is 35.9. The highest BCUT2D eigenvalue weighted by molar-refractivity contribution is 5.24. The van der Waals surface area contributed by atoms with Gasteiger partial charge in [-0.3, -0.25) is 0 Å². The summed E-state index contributed by atoms with van der Waals surface area (Å²) >= 11 is 0. The summed E-state index contributed by atoms with van der Waals surface area (Å²) in [7, 11) is 0. The maximum atomic E-state index is 9.62. The largest absolute Gasteiger partial charge is 0.469 e. The van der Waals surface area contributed by atoms with E-state index in [1.54, 1.807) is 6.20 Å². The van der Waals surface area contributed by atoms with Gasteiger partial charge in [0.05, 0.1) is 13.2 Å². The molecule has 2 aliphatic rings. The van der Waals surface area contributed by atoms with Gasteiger partial charge >= 0.3 is 0 Å². The zero-order valence-electron chi connectivity index (χ0n) is 9.57. The summed E-state index contributed by atoms with van der Waals surface area (Å²) in [6.07, 6.45) is 0.513. The number of ether oxygens (including phenoxy) is 3. The molecule has 4 atom stereocenters. The Kier molecular flexibility index (Phi) is 2.74. The van der Waals surface area contributed by atoms with Crippen LogP contribution in [0.5, 0.6) is 5.88 Å². The number of pyridine rings is 1. The molecule has 2 aliphatic heterocycles. The van der Waals surface area contributed by atoms with Crippen molar-refractivity contribution in [2.75, 3.05) is 13.2 Å². The second kappa shape index (κ2) is 4.25. The minimum absolute atomic E-state index is 0.189. The number of fused-ring (bicyclic) bond motifs is 1. The molecule has 3 rings (SSSR count). The highest BCUT2D eigenvalue weighted by atomic mass is 16.6. The van der Waals surface area contributed by atoms with Crippen molar-refractivity contribution < 1.29 is 19.3 Å². The molecule has 0 aliphatic carbocycles. The molecule has 1 N–H and O–H groups in total. The third-order valence-electron chi connectivity index (χ3n) is 3.21. The molecule has 5 heteroatoms. The molecule has 1 aromatic rings. The summed E-state index contributed by atoms with van der Waals surface area (Å²) in [4.78, 5) is 4.18. The van der Waals surface area contributed by atoms with Gasteiger partial charge in [0.25, 0.3) is 0 Å². The van der Waals surface area contributed by atoms with E-state index in [1.165, 1.54) is 0 Å². The van der Waals surface area contributed by atoms with Crippen LogP contribution in [0, 0.1) is 6.92 Å². The molecule has 0 amide bonds. The number of hydrogen-bond donors (Lipinski definition) is 1. The van der Waals surface area contributed by atoms with E-state index in [0.717, 1.165) is 5.56 Å². The second-order valence-corrected chi connectivity index (χ2v) is 4.45. The van der Waals surface area contributed by atoms with Crippen LogP contribution >= 0.6 is 0 Å². The van der Waals surface area contributed by atoms with Crippen LogP contribution in [0.4, 0.5) is 0 Å². The Hall–Kier alpha value is -1.17. The molecule has 17 heavy (non-hydrogen) atoms. The molecular weight excluding hydrogens is 222 g/mol. The van der Waals surface area contributed by atoms with Crippen molar-refractivity contribution in [2.24, 2.45) is 0 Å². The van der Waals surface area contributed by atoms with E-state index < -0.39 is 6.10 Å². The van der Waals surface area contributed by atoms with Gasteiger partial charge in [-0.1, -0.05) is 6.07 Å². The van der Waals surface area contributed by atoms with Crippen LogP contribution < -0.4 is 4.74 Å². The lowest BCUT2D eigenvalue weighted by molar-refractivity contribution is 0.00766. The zero-order valence-corrected chi connectivity index (χ0v) is 9.57. The molecular formula is C12H15NO4. The van der Waals surface area contributed by atoms with Gasteiger partial charge in [-0.25, -0.2) is 4.98 Å². The lowest BCUT2D eigenvalue weighted by Crippen LogP contribution is -2.34. The first-order chi connectivity index (χ1) is 8.25. The standard InChI is InChI=1S/C12H15NO4/c1-7-3-2-4-13-12(7)17-9-6-16-10-8(14)5-15-11(9)10/h2-4,8-11,14H,5-6H2,1H3/t8-,9-,10-,11-/m1/s1. The summed E-state index contributed by atoms with van der Waals surface area (Å²) in [6.45, 7) is 2.69. The summed E-state index contributed by atoms with van der Waals surface area (Å²) in [6, 6.07) is 3.81. The number of aliphatic hydroxyl groups excluding tert-OH is 1. The Morgan fingerprint density at radius 3 is 3.00 bits per heavy atom. The number of hydrogen-bond acceptors (Lipinski definition) is 5. The molecule has 2 fully saturated rings. The van der Waals surface area contributed by atoms with Gasteiger partial charge < -0.3 is 19.3 Å². The van der Waals surface area contributed by atoms with E-state index in [0.29, 0.717) is 19.1 Å². The number of rotatable bonds is 2. The quantitative estimate of drug-likeness (QED) is 0.801. The topological polar surface area (TPSA) is 60.8 Å². The predicted molar refractivity (Wildman–Crippen MR) is 58.9 cm³/mol. The van der Waals surface area contributed by atoms with E-state index in [9.17, 15) is 5.11 Å². The predicted octanol–water partition coefficient (Wildman–Crippen LogP) is 0.296. The molecule has 1 aromatic heterocycles. The van der Waals surface area contributed by atoms with Gasteiger partial charge in [0.1, 0.15) is 18.3 Å². The molecule has 0 spiro atoms. The van der Waals surface area contributed by atoms with Crippen molar-refractivity contribution in [3.8, 4) is 5.88 Å². The minimum Gasteiger partial charge on any atom is -0.469 e. The number of nitrogens with zero attached hydrogens (tertiary/aromatic N) is 1. The van der Waals surface area contributed by atoms with E-state index in [2.05, 4.69) is 4.98 Å². The number of aromatic nitrogens is 1. The molecule has 0 bridgehead atoms. The van der Waals surface area contributed by atoms with E-state index in [1.807, 2.05) is 19.1 Å². The van der Waals surface area contributed by atoms with Crippen molar-refractivity contribution >= 4 is 0 Å². The van der Waals surface area contributed by atoms with Crippen LogP contribution in [0.15, 0.2) is 18.3 Å². The maximum absolute atomic E-state index is 9.62. The zero-order chi connectivity index (χ0) is 11.8. The Bertz CT molecular complexity index is 411. The van der Waals surface area contributed by atoms with Crippen LogP contribution in [0.25, 0.3) is 0 Å². The van der Waals surface area contributed by atoms with Crippen molar-refractivity contribution in [1.29, 1.82) is 0 Å². The Balaban J connectivity index is 1.73. The van der Waals surface area contributed by atoms with Gasteiger partial charge in [-0.05, 0) is 13.0 Å². The average molecular weight is 237 g/mol. The van der Waals surface area contributed by atoms with Crippen molar-refractivity contribution in [3.05, 3.63) is 23.9 Å². The van der Waals surface area contributed by atoms with Crippen LogP contribution in [0.1, 0.15) is 5.56 Å². The third kappa shape index (κ3) is 1.90. The van der Waals surface area contributed by atoms with Gasteiger partial charge in [0, 0.05) is 11.8 Å². The Morgan fingerprint density at radius 2 is 2.18 bits per heavy atom. The van der Waals surface area contributed by atoms with Gasteiger partial charge in [0.15, 0.2) is 6.10 Å². The first-order valence-electron chi connectivity index (χ1n) is 5.75. The molecule has 5 nitrogen and oxygen atoms in total. The first-order valence-corrected chi connectivity index (χ1v) is 5.75. The van der Waals surface area contributed by atoms with Crippen LogP contribution in [0.3, 0.4) is 0 Å². The van der Waals surface area contributed by atoms with Crippen molar-refractivity contribution in [3.63, 3.8) is 0 Å². The van der Waals surface area contributed by atoms with Crippen molar-refractivity contribution in [2.45, 2.75) is 31.3 Å². The van der Waals surface area contributed by atoms with Gasteiger partial charge in [-0.2, -0.15) is 0 Å². The molecule has 0 unspecified atom stereocenters. The third-order valence-corrected chi connectivity index (χ3v) is 3.21. The molecule has 0 saturated carbocycles. The lowest BCUT2D eigenvalue weighted by atomic mass is 10.1. The first kappa shape index (κ1) is 11.0. The summed E-state index contributed by atoms with van der Waals surface area (Å²) in [5.74, 6) is 0.603. The summed E-state index contributed by atoms with van der Waals surface area (Å²) in [5.41, 5.74) is 0.981. The fourth-order valence-electron chi connectivity index (χ4n) is 2.28. The molecule has 92 valence electrons. The SMILES string of the molecule is Cc1cccnc1O[C@@H]1CO[C@H]2[C@@H]1OC[C@H]2O. The lowest BCUT2D eigenvalue weighted by Gasteiger charge is -2.18. The average Bonchev–Trinajstić information content (AvgIpc) is 2.87. The van der Waals surface area contributed by atoms with Crippen LogP contribution in [0.2, 0.25) is 0 Å². The van der Waals surface area contributed by atoms with E-state index >= 15 is 0 Å². The van der Waals surface area contributed by atoms with E-state index in [-0.39, 0.29) is 18.3 Å². The highest BCUT2D eigenvalue weighted by Crippen LogP contribution is 2.29. The summed E-state index contributed by atoms with van der Waals surface area (Å²) in [5, 5.41) is 9.62. The van der Waals surface area contributed by atoms with E-state index in [4.69, 9.17) is 14.2 Å². The Labute approximate surface area is 99.3 Å². The molecule has 3 heterocycles.